The van der Waals surface area contributed by atoms with Gasteiger partial charge in [-0.3, -0.25) is 9.59 Å². The zero-order valence-corrected chi connectivity index (χ0v) is 18.3. The predicted octanol–water partition coefficient (Wildman–Crippen LogP) is 4.02. The molecule has 9 heteroatoms. The number of methoxy groups -OCH3 is 2. The van der Waals surface area contributed by atoms with Crippen LogP contribution in [-0.4, -0.2) is 41.6 Å². The lowest BCUT2D eigenvalue weighted by Crippen LogP contribution is -2.60. The molecule has 1 saturated carbocycles. The Balaban J connectivity index is 1.88. The predicted molar refractivity (Wildman–Crippen MR) is 108 cm³/mol. The maximum Gasteiger partial charge on any atom is 0.240 e. The number of imide groups is 1. The van der Waals surface area contributed by atoms with Crippen molar-refractivity contribution in [3.05, 3.63) is 39.9 Å². The van der Waals surface area contributed by atoms with Crippen LogP contribution in [0.4, 0.5) is 5.69 Å². The van der Waals surface area contributed by atoms with Crippen LogP contribution >= 0.6 is 46.4 Å². The summed E-state index contributed by atoms with van der Waals surface area (Å²) in [6.07, 6.45) is 0.836. The van der Waals surface area contributed by atoms with Crippen molar-refractivity contribution < 1.29 is 19.1 Å². The maximum atomic E-state index is 13.4. The van der Waals surface area contributed by atoms with Gasteiger partial charge < -0.3 is 9.47 Å². The van der Waals surface area contributed by atoms with Crippen molar-refractivity contribution in [1.29, 1.82) is 0 Å². The quantitative estimate of drug-likeness (QED) is 0.383. The molecule has 2 aliphatic carbocycles. The first-order valence-electron chi connectivity index (χ1n) is 8.68. The fourth-order valence-electron chi connectivity index (χ4n) is 4.84. The van der Waals surface area contributed by atoms with E-state index in [1.165, 1.54) is 14.2 Å². The van der Waals surface area contributed by atoms with Gasteiger partial charge in [-0.05, 0) is 24.1 Å². The highest BCUT2D eigenvalue weighted by Crippen LogP contribution is 2.75. The molecular weight excluding hydrogens is 448 g/mol. The summed E-state index contributed by atoms with van der Waals surface area (Å²) in [6.45, 7) is 2.02. The molecule has 0 N–H and O–H groups in total. The van der Waals surface area contributed by atoms with Gasteiger partial charge in [0, 0.05) is 14.2 Å². The van der Waals surface area contributed by atoms with Crippen LogP contribution in [0, 0.1) is 11.8 Å². The van der Waals surface area contributed by atoms with E-state index >= 15 is 0 Å². The normalized spacial score (nSPS) is 35.9. The molecule has 2 fully saturated rings. The molecule has 1 aromatic carbocycles. The van der Waals surface area contributed by atoms with E-state index in [2.05, 4.69) is 0 Å². The number of carbonyl (C=O) groups excluding carboxylic acids is 2. The molecule has 1 saturated heterocycles. The van der Waals surface area contributed by atoms with E-state index in [1.54, 1.807) is 12.1 Å². The second-order valence-electron chi connectivity index (χ2n) is 7.06. The van der Waals surface area contributed by atoms with Crippen molar-refractivity contribution in [2.45, 2.75) is 28.9 Å². The van der Waals surface area contributed by atoms with Crippen LogP contribution in [-0.2, 0) is 25.5 Å². The van der Waals surface area contributed by atoms with E-state index < -0.39 is 39.2 Å². The second-order valence-corrected chi connectivity index (χ2v) is 9.01. The smallest absolute Gasteiger partial charge is 0.240 e. The molecule has 4 rings (SSSR count). The minimum absolute atomic E-state index is 0.0416. The molecule has 1 aromatic rings. The van der Waals surface area contributed by atoms with Crippen LogP contribution in [0.5, 0.6) is 0 Å². The van der Waals surface area contributed by atoms with Crippen LogP contribution in [0.1, 0.15) is 12.5 Å². The van der Waals surface area contributed by atoms with Crippen LogP contribution in [0.2, 0.25) is 0 Å². The Morgan fingerprint density at radius 2 is 1.36 bits per heavy atom. The Morgan fingerprint density at radius 1 is 0.929 bits per heavy atom. The Hall–Kier alpha value is -0.820. The van der Waals surface area contributed by atoms with E-state index in [4.69, 9.17) is 55.9 Å². The largest absolute Gasteiger partial charge is 0.350 e. The minimum Gasteiger partial charge on any atom is -0.350 e. The highest BCUT2D eigenvalue weighted by molar-refractivity contribution is 6.54. The molecule has 0 spiro atoms. The highest BCUT2D eigenvalue weighted by Gasteiger charge is 2.89. The number of alkyl halides is 2. The number of halogens is 4. The highest BCUT2D eigenvalue weighted by atomic mass is 35.5. The summed E-state index contributed by atoms with van der Waals surface area (Å²) in [7, 11) is 2.66. The number of rotatable bonds is 4. The number of aryl methyl sites for hydroxylation is 1. The Labute approximate surface area is 182 Å². The molecule has 1 heterocycles. The lowest BCUT2D eigenvalue weighted by atomic mass is 9.84. The second kappa shape index (κ2) is 6.34. The molecule has 0 radical (unpaired) electrons. The molecular formula is C19H17Cl4NO4. The lowest BCUT2D eigenvalue weighted by Gasteiger charge is -2.42. The van der Waals surface area contributed by atoms with Gasteiger partial charge in [0.15, 0.2) is 0 Å². The van der Waals surface area contributed by atoms with Gasteiger partial charge in [0.1, 0.15) is 9.75 Å². The average Bonchev–Trinajstić information content (AvgIpc) is 3.12. The van der Waals surface area contributed by atoms with Crippen LogP contribution in [0.25, 0.3) is 0 Å². The molecule has 5 nitrogen and oxygen atoms in total. The monoisotopic (exact) mass is 463 g/mol. The third kappa shape index (κ3) is 1.94. The summed E-state index contributed by atoms with van der Waals surface area (Å²) in [5.74, 6) is -4.97. The summed E-state index contributed by atoms with van der Waals surface area (Å²) >= 11 is 26.7. The fourth-order valence-corrected chi connectivity index (χ4v) is 7.00. The van der Waals surface area contributed by atoms with Gasteiger partial charge in [0.2, 0.25) is 17.6 Å². The molecule has 4 unspecified atom stereocenters. The van der Waals surface area contributed by atoms with E-state index in [9.17, 15) is 9.59 Å². The third-order valence-corrected chi connectivity index (χ3v) is 8.74. The van der Waals surface area contributed by atoms with E-state index in [-0.39, 0.29) is 10.1 Å². The van der Waals surface area contributed by atoms with Gasteiger partial charge >= 0.3 is 0 Å². The summed E-state index contributed by atoms with van der Waals surface area (Å²) < 4.78 is 11.1. The number of amides is 2. The number of hydrogen-bond acceptors (Lipinski definition) is 4. The van der Waals surface area contributed by atoms with Crippen LogP contribution in [0.15, 0.2) is 34.3 Å². The van der Waals surface area contributed by atoms with Gasteiger partial charge in [-0.15, -0.1) is 23.2 Å². The number of ether oxygens (including phenoxy) is 2. The van der Waals surface area contributed by atoms with Crippen molar-refractivity contribution in [3.63, 3.8) is 0 Å². The zero-order chi connectivity index (χ0) is 20.6. The third-order valence-electron chi connectivity index (χ3n) is 6.13. The molecule has 3 aliphatic rings. The maximum absolute atomic E-state index is 13.4. The molecule has 2 bridgehead atoms. The van der Waals surface area contributed by atoms with Gasteiger partial charge in [0.25, 0.3) is 0 Å². The Bertz CT molecular complexity index is 867. The number of anilines is 1. The summed E-state index contributed by atoms with van der Waals surface area (Å²) in [5.41, 5.74) is 1.52. The number of benzene rings is 1. The van der Waals surface area contributed by atoms with Crippen molar-refractivity contribution in [3.8, 4) is 0 Å². The fraction of sp³-hybridized carbons (Fsp3) is 0.474. The van der Waals surface area contributed by atoms with Gasteiger partial charge in [0.05, 0.1) is 27.6 Å². The van der Waals surface area contributed by atoms with E-state index in [0.717, 1.165) is 16.9 Å². The molecule has 2 amide bonds. The standard InChI is InChI=1S/C19H17Cl4NO4/c1-4-9-5-7-10(8-6-9)24-15(25)11-12(16(24)26)18(23)14(21)13(20)17(11,22)19(18,27-2)28-3/h5-8,11-12H,4H2,1-3H3. The molecule has 28 heavy (non-hydrogen) atoms. The van der Waals surface area contributed by atoms with Gasteiger partial charge in [-0.25, -0.2) is 4.90 Å². The molecule has 4 atom stereocenters. The summed E-state index contributed by atoms with van der Waals surface area (Å²) in [5, 5.41) is -0.0831. The van der Waals surface area contributed by atoms with E-state index in [0.29, 0.717) is 5.69 Å². The molecule has 1 aliphatic heterocycles. The number of nitrogens with zero attached hydrogens (tertiary/aromatic N) is 1. The van der Waals surface area contributed by atoms with E-state index in [1.807, 2.05) is 19.1 Å². The number of fused-ring (bicyclic) bond motifs is 5. The van der Waals surface area contributed by atoms with Crippen molar-refractivity contribution >= 4 is 63.9 Å². The number of hydrogen-bond donors (Lipinski definition) is 0. The first-order valence-corrected chi connectivity index (χ1v) is 10.2. The number of carbonyl (C=O) groups is 2. The lowest BCUT2D eigenvalue weighted by molar-refractivity contribution is -0.221. The summed E-state index contributed by atoms with van der Waals surface area (Å²) in [4.78, 5) is 24.4. The first-order chi connectivity index (χ1) is 13.2. The Morgan fingerprint density at radius 3 is 1.71 bits per heavy atom. The minimum atomic E-state index is -1.77. The van der Waals surface area contributed by atoms with Crippen molar-refractivity contribution in [2.24, 2.45) is 11.8 Å². The first kappa shape index (κ1) is 20.5. The van der Waals surface area contributed by atoms with Crippen molar-refractivity contribution in [1.82, 2.24) is 0 Å². The average molecular weight is 465 g/mol. The van der Waals surface area contributed by atoms with Crippen molar-refractivity contribution in [2.75, 3.05) is 19.1 Å². The molecule has 0 aromatic heterocycles. The SMILES string of the molecule is CCc1ccc(N2C(=O)C3C(C2=O)C2(Cl)C(Cl)=C(Cl)C3(Cl)C2(OC)OC)cc1. The topological polar surface area (TPSA) is 55.8 Å². The zero-order valence-electron chi connectivity index (χ0n) is 15.3. The molecule has 150 valence electrons. The van der Waals surface area contributed by atoms with Gasteiger partial charge in [-0.1, -0.05) is 42.3 Å². The summed E-state index contributed by atoms with van der Waals surface area (Å²) in [6, 6.07) is 7.16. The van der Waals surface area contributed by atoms with Gasteiger partial charge in [-0.2, -0.15) is 0 Å². The Kier molecular flexibility index (Phi) is 4.63. The van der Waals surface area contributed by atoms with Crippen LogP contribution in [0.3, 0.4) is 0 Å². The van der Waals surface area contributed by atoms with Crippen LogP contribution < -0.4 is 4.90 Å².